The van der Waals surface area contributed by atoms with Crippen molar-refractivity contribution in [3.05, 3.63) is 158 Å². The largest absolute Gasteiger partial charge is 0.478 e. The lowest BCUT2D eigenvalue weighted by Crippen LogP contribution is -2.21. The number of aryl methyl sites for hydroxylation is 2. The van der Waals surface area contributed by atoms with Gasteiger partial charge >= 0.3 is 11.9 Å². The maximum atomic E-state index is 12.5. The monoisotopic (exact) mass is 632 g/mol. The number of aromatic carboxylic acids is 2. The highest BCUT2D eigenvalue weighted by Crippen LogP contribution is 2.39. The molecule has 46 heavy (non-hydrogen) atoms. The minimum atomic E-state index is -4.60. The maximum absolute atomic E-state index is 12.5. The summed E-state index contributed by atoms with van der Waals surface area (Å²) >= 11 is 0. The van der Waals surface area contributed by atoms with Crippen molar-refractivity contribution in [2.24, 2.45) is 0 Å². The molecule has 9 heteroatoms. The van der Waals surface area contributed by atoms with Crippen molar-refractivity contribution in [2.45, 2.75) is 25.2 Å². The Morgan fingerprint density at radius 3 is 2.15 bits per heavy atom. The molecule has 0 bridgehead atoms. The number of ether oxygens (including phenoxy) is 1. The SMILES string of the molecule is Cc1cccc(C(=O)O)c1/C=c1\ccc2c(c1)Oc1cc(Cc3c(C)cccc3C(=O)O)ccc1C=2c1ccccc1S(=O)(=O)O. The highest BCUT2D eigenvalue weighted by Gasteiger charge is 2.26. The van der Waals surface area contributed by atoms with Gasteiger partial charge in [0.05, 0.1) is 11.1 Å². The average Bonchev–Trinajstić information content (AvgIpc) is 3.01. The third-order valence-corrected chi connectivity index (χ3v) is 9.04. The van der Waals surface area contributed by atoms with Crippen molar-refractivity contribution in [1.29, 1.82) is 0 Å². The van der Waals surface area contributed by atoms with E-state index >= 15 is 0 Å². The van der Waals surface area contributed by atoms with E-state index in [9.17, 15) is 32.8 Å². The summed E-state index contributed by atoms with van der Waals surface area (Å²) in [5.41, 5.74) is 5.32. The third kappa shape index (κ3) is 5.69. The van der Waals surface area contributed by atoms with E-state index in [2.05, 4.69) is 0 Å². The lowest BCUT2D eigenvalue weighted by Gasteiger charge is -2.23. The van der Waals surface area contributed by atoms with Crippen LogP contribution in [-0.2, 0) is 16.5 Å². The fourth-order valence-corrected chi connectivity index (χ4v) is 6.60. The molecule has 5 aromatic carbocycles. The molecule has 0 amide bonds. The van der Waals surface area contributed by atoms with Crippen LogP contribution in [0.25, 0.3) is 11.6 Å². The molecular formula is C37H28O8S. The number of fused-ring (bicyclic) bond motifs is 2. The van der Waals surface area contributed by atoms with Gasteiger partial charge < -0.3 is 14.9 Å². The van der Waals surface area contributed by atoms with E-state index in [0.29, 0.717) is 50.6 Å². The number of hydrogen-bond acceptors (Lipinski definition) is 5. The highest BCUT2D eigenvalue weighted by molar-refractivity contribution is 7.86. The first-order valence-corrected chi connectivity index (χ1v) is 15.7. The van der Waals surface area contributed by atoms with Crippen molar-refractivity contribution in [2.75, 3.05) is 0 Å². The molecule has 8 nitrogen and oxygen atoms in total. The Morgan fingerprint density at radius 1 is 0.739 bits per heavy atom. The van der Waals surface area contributed by atoms with Crippen molar-refractivity contribution < 1.29 is 37.5 Å². The van der Waals surface area contributed by atoms with Gasteiger partial charge in [0.15, 0.2) is 0 Å². The summed E-state index contributed by atoms with van der Waals surface area (Å²) in [5, 5.41) is 20.8. The van der Waals surface area contributed by atoms with Crippen LogP contribution in [0.4, 0.5) is 0 Å². The molecule has 0 fully saturated rings. The van der Waals surface area contributed by atoms with Gasteiger partial charge in [-0.1, -0.05) is 60.7 Å². The number of carbonyl (C=O) groups is 2. The highest BCUT2D eigenvalue weighted by atomic mass is 32.2. The van der Waals surface area contributed by atoms with E-state index in [1.807, 2.05) is 32.0 Å². The van der Waals surface area contributed by atoms with Crippen molar-refractivity contribution in [3.8, 4) is 11.5 Å². The van der Waals surface area contributed by atoms with E-state index in [-0.39, 0.29) is 21.6 Å². The first kappa shape index (κ1) is 30.5. The van der Waals surface area contributed by atoms with Crippen LogP contribution in [0, 0.1) is 13.8 Å². The molecule has 6 rings (SSSR count). The Hall–Kier alpha value is -5.51. The predicted molar refractivity (Wildman–Crippen MR) is 173 cm³/mol. The second-order valence-electron chi connectivity index (χ2n) is 11.1. The molecule has 3 N–H and O–H groups in total. The van der Waals surface area contributed by atoms with Gasteiger partial charge in [-0.05, 0) is 95.8 Å². The van der Waals surface area contributed by atoms with Crippen LogP contribution in [0.5, 0.6) is 11.5 Å². The van der Waals surface area contributed by atoms with Crippen LogP contribution in [-0.4, -0.2) is 35.1 Å². The van der Waals surface area contributed by atoms with Gasteiger partial charge in [0.2, 0.25) is 0 Å². The van der Waals surface area contributed by atoms with Crippen LogP contribution in [0.15, 0.2) is 102 Å². The topological polar surface area (TPSA) is 138 Å². The molecule has 0 aliphatic carbocycles. The van der Waals surface area contributed by atoms with Crippen LogP contribution in [0.2, 0.25) is 0 Å². The molecule has 1 heterocycles. The molecule has 0 unspecified atom stereocenters. The van der Waals surface area contributed by atoms with Gasteiger partial charge in [0.25, 0.3) is 10.1 Å². The van der Waals surface area contributed by atoms with Crippen molar-refractivity contribution in [3.63, 3.8) is 0 Å². The molecule has 0 radical (unpaired) electrons. The Labute approximate surface area is 264 Å². The van der Waals surface area contributed by atoms with Crippen LogP contribution in [0.3, 0.4) is 0 Å². The predicted octanol–water partition coefficient (Wildman–Crippen LogP) is 5.72. The Balaban J connectivity index is 1.58. The van der Waals surface area contributed by atoms with Crippen LogP contribution in [0.1, 0.15) is 59.7 Å². The second kappa shape index (κ2) is 11.8. The normalized spacial score (nSPS) is 12.7. The zero-order valence-electron chi connectivity index (χ0n) is 24.8. The first-order valence-electron chi connectivity index (χ1n) is 14.3. The fraction of sp³-hybridized carbons (Fsp3) is 0.0811. The lowest BCUT2D eigenvalue weighted by molar-refractivity contribution is 0.0685. The maximum Gasteiger partial charge on any atom is 0.336 e. The van der Waals surface area contributed by atoms with Gasteiger partial charge in [-0.25, -0.2) is 9.59 Å². The van der Waals surface area contributed by atoms with Gasteiger partial charge in [-0.15, -0.1) is 0 Å². The second-order valence-corrected chi connectivity index (χ2v) is 12.5. The summed E-state index contributed by atoms with van der Waals surface area (Å²) in [7, 11) is -4.60. The molecular weight excluding hydrogens is 604 g/mol. The van der Waals surface area contributed by atoms with Crippen molar-refractivity contribution in [1.82, 2.24) is 0 Å². The van der Waals surface area contributed by atoms with Gasteiger partial charge in [0.1, 0.15) is 16.4 Å². The lowest BCUT2D eigenvalue weighted by atomic mass is 9.90. The standard InChI is InChI=1S/C37H28O8S/c1-21-7-5-10-25(36(38)39)30(21)17-23-13-15-27-32(19-23)45-33-20-24(18-31-22(2)8-6-11-26(31)37(40)41)14-16-28(33)35(27)29-9-3-4-12-34(29)46(42,43)44/h3-17,19-20H,18H2,1-2H3,(H,38,39)(H,40,41)(H,42,43,44)/b23-17+. The minimum absolute atomic E-state index is 0.153. The number of carboxylic acids is 2. The first-order chi connectivity index (χ1) is 21.9. The van der Waals surface area contributed by atoms with E-state index in [1.165, 1.54) is 18.2 Å². The molecule has 0 aromatic heterocycles. The number of hydrogen-bond donors (Lipinski definition) is 3. The summed E-state index contributed by atoms with van der Waals surface area (Å²) in [4.78, 5) is 23.6. The molecule has 1 aliphatic rings. The minimum Gasteiger partial charge on any atom is -0.478 e. The van der Waals surface area contributed by atoms with Gasteiger partial charge in [0, 0.05) is 21.9 Å². The quantitative estimate of drug-likeness (QED) is 0.190. The molecule has 230 valence electrons. The number of carboxylic acid groups (broad SMARTS) is 2. The molecule has 0 saturated carbocycles. The summed E-state index contributed by atoms with van der Waals surface area (Å²) < 4.78 is 41.5. The van der Waals surface area contributed by atoms with E-state index < -0.39 is 22.1 Å². The van der Waals surface area contributed by atoms with E-state index in [1.54, 1.807) is 66.7 Å². The van der Waals surface area contributed by atoms with Crippen molar-refractivity contribution >= 4 is 33.7 Å². The molecule has 1 aliphatic heterocycles. The average molecular weight is 633 g/mol. The van der Waals surface area contributed by atoms with Gasteiger partial charge in [-0.2, -0.15) is 8.42 Å². The molecule has 0 saturated heterocycles. The number of benzene rings is 5. The smallest absolute Gasteiger partial charge is 0.336 e. The summed E-state index contributed by atoms with van der Waals surface area (Å²) in [6.45, 7) is 3.68. The van der Waals surface area contributed by atoms with E-state index in [0.717, 1.165) is 16.7 Å². The fourth-order valence-electron chi connectivity index (χ4n) is 5.91. The van der Waals surface area contributed by atoms with E-state index in [4.69, 9.17) is 4.74 Å². The summed E-state index contributed by atoms with van der Waals surface area (Å²) in [6.07, 6.45) is 2.07. The van der Waals surface area contributed by atoms with Gasteiger partial charge in [-0.3, -0.25) is 4.55 Å². The Bertz CT molecular complexity index is 2320. The molecule has 0 atom stereocenters. The summed E-state index contributed by atoms with van der Waals surface area (Å²) in [5.74, 6) is -1.27. The molecule has 5 aromatic rings. The summed E-state index contributed by atoms with van der Waals surface area (Å²) in [6, 6.07) is 27.1. The van der Waals surface area contributed by atoms with Crippen LogP contribution < -0.4 is 15.2 Å². The molecule has 0 spiro atoms. The zero-order chi connectivity index (χ0) is 32.7. The number of rotatable bonds is 7. The Morgan fingerprint density at radius 2 is 1.43 bits per heavy atom. The van der Waals surface area contributed by atoms with Crippen LogP contribution >= 0.6 is 0 Å². The third-order valence-electron chi connectivity index (χ3n) is 8.13. The Kier molecular flexibility index (Phi) is 7.81. The zero-order valence-corrected chi connectivity index (χ0v) is 25.6.